The van der Waals surface area contributed by atoms with E-state index in [1.165, 1.54) is 11.8 Å². The van der Waals surface area contributed by atoms with Gasteiger partial charge < -0.3 is 14.7 Å². The summed E-state index contributed by atoms with van der Waals surface area (Å²) in [6, 6.07) is 9.07. The Kier molecular flexibility index (Phi) is 3.84. The number of thioether (sulfide) groups is 1. The molecule has 6 heteroatoms. The molecule has 88 valence electrons. The Morgan fingerprint density at radius 2 is 2.00 bits per heavy atom. The third kappa shape index (κ3) is 2.69. The molecule has 0 radical (unpaired) electrons. The van der Waals surface area contributed by atoms with Gasteiger partial charge >= 0.3 is 7.32 Å². The fourth-order valence-electron chi connectivity index (χ4n) is 1.67. The second-order valence-electron chi connectivity index (χ2n) is 3.41. The highest BCUT2D eigenvalue weighted by Crippen LogP contribution is 2.36. The smallest absolute Gasteiger partial charge is 0.511 e. The first kappa shape index (κ1) is 12.6. The van der Waals surface area contributed by atoms with Gasteiger partial charge in [0.05, 0.1) is 4.90 Å². The molecule has 0 aliphatic heterocycles. The minimum Gasteiger partial charge on any atom is -0.511 e. The van der Waals surface area contributed by atoms with Crippen molar-refractivity contribution in [2.45, 2.75) is 4.90 Å². The van der Waals surface area contributed by atoms with Crippen LogP contribution < -0.4 is 4.65 Å². The van der Waals surface area contributed by atoms with Crippen LogP contribution in [0.15, 0.2) is 35.2 Å². The van der Waals surface area contributed by atoms with Crippen LogP contribution in [0.25, 0.3) is 10.8 Å². The van der Waals surface area contributed by atoms with E-state index in [-0.39, 0.29) is 0 Å². The van der Waals surface area contributed by atoms with E-state index in [4.69, 9.17) is 26.3 Å². The van der Waals surface area contributed by atoms with E-state index in [1.54, 1.807) is 12.1 Å². The van der Waals surface area contributed by atoms with E-state index in [9.17, 15) is 0 Å². The van der Waals surface area contributed by atoms with Gasteiger partial charge in [-0.3, -0.25) is 0 Å². The van der Waals surface area contributed by atoms with Gasteiger partial charge in [-0.25, -0.2) is 0 Å². The molecule has 0 aliphatic carbocycles. The van der Waals surface area contributed by atoms with E-state index in [2.05, 4.69) is 0 Å². The molecule has 0 heterocycles. The fourth-order valence-corrected chi connectivity index (χ4v) is 2.57. The van der Waals surface area contributed by atoms with Crippen LogP contribution in [-0.2, 0) is 0 Å². The monoisotopic (exact) mass is 268 g/mol. The lowest BCUT2D eigenvalue weighted by atomic mass is 10.1. The van der Waals surface area contributed by atoms with E-state index < -0.39 is 7.32 Å². The van der Waals surface area contributed by atoms with Gasteiger partial charge in [0, 0.05) is 5.02 Å². The molecule has 0 atom stereocenters. The van der Waals surface area contributed by atoms with Crippen LogP contribution in [0, 0.1) is 0 Å². The third-order valence-corrected chi connectivity index (χ3v) is 3.40. The maximum Gasteiger partial charge on any atom is 0.707 e. The van der Waals surface area contributed by atoms with Crippen LogP contribution >= 0.6 is 23.4 Å². The zero-order valence-corrected chi connectivity index (χ0v) is 10.6. The molecule has 3 nitrogen and oxygen atoms in total. The molecule has 0 amide bonds. The van der Waals surface area contributed by atoms with Crippen molar-refractivity contribution in [1.29, 1.82) is 0 Å². The van der Waals surface area contributed by atoms with Crippen LogP contribution in [0.2, 0.25) is 5.02 Å². The Balaban J connectivity index is 2.60. The normalized spacial score (nSPS) is 10.6. The van der Waals surface area contributed by atoms with E-state index in [0.29, 0.717) is 10.8 Å². The van der Waals surface area contributed by atoms with Gasteiger partial charge in [-0.05, 0) is 35.2 Å². The summed E-state index contributed by atoms with van der Waals surface area (Å²) in [7, 11) is -1.81. The minimum absolute atomic E-state index is 0.447. The van der Waals surface area contributed by atoms with Crippen molar-refractivity contribution in [2.24, 2.45) is 0 Å². The topological polar surface area (TPSA) is 49.7 Å². The molecule has 0 unspecified atom stereocenters. The lowest BCUT2D eigenvalue weighted by Crippen LogP contribution is -2.20. The van der Waals surface area contributed by atoms with Crippen molar-refractivity contribution >= 4 is 41.5 Å². The third-order valence-electron chi connectivity index (χ3n) is 2.33. The first-order chi connectivity index (χ1) is 8.11. The first-order valence-corrected chi connectivity index (χ1v) is 6.51. The Hall–Kier alpha value is -0.875. The lowest BCUT2D eigenvalue weighted by Gasteiger charge is -2.12. The Morgan fingerprint density at radius 3 is 2.65 bits per heavy atom. The molecular weight excluding hydrogens is 258 g/mol. The van der Waals surface area contributed by atoms with Crippen molar-refractivity contribution in [2.75, 3.05) is 6.26 Å². The molecule has 17 heavy (non-hydrogen) atoms. The van der Waals surface area contributed by atoms with Crippen LogP contribution in [0.1, 0.15) is 0 Å². The molecular formula is C11H10BClO3S. The molecule has 0 fully saturated rings. The summed E-state index contributed by atoms with van der Waals surface area (Å²) in [4.78, 5) is 0.854. The van der Waals surface area contributed by atoms with Gasteiger partial charge in [-0.15, -0.1) is 11.8 Å². The molecule has 2 aromatic rings. The number of benzene rings is 2. The molecule has 0 aromatic heterocycles. The largest absolute Gasteiger partial charge is 0.707 e. The van der Waals surface area contributed by atoms with Gasteiger partial charge in [0.25, 0.3) is 0 Å². The molecule has 0 saturated heterocycles. The Labute approximate surface area is 109 Å². The zero-order chi connectivity index (χ0) is 12.4. The number of rotatable bonds is 3. The SMILES string of the molecule is CSc1c(OB(O)O)ccc2cc(Cl)ccc12. The summed E-state index contributed by atoms with van der Waals surface area (Å²) < 4.78 is 4.93. The average molecular weight is 269 g/mol. The predicted molar refractivity (Wildman–Crippen MR) is 71.6 cm³/mol. The van der Waals surface area contributed by atoms with Gasteiger partial charge in [-0.1, -0.05) is 23.7 Å². The standard InChI is InChI=1S/C11H10BClO3S/c1-17-11-9-4-3-8(13)6-7(9)2-5-10(11)16-12(14)15/h2-6,14-15H,1H3. The summed E-state index contributed by atoms with van der Waals surface area (Å²) in [5, 5.41) is 20.3. The van der Waals surface area contributed by atoms with Crippen molar-refractivity contribution in [3.8, 4) is 5.75 Å². The van der Waals surface area contributed by atoms with Crippen molar-refractivity contribution < 1.29 is 14.7 Å². The van der Waals surface area contributed by atoms with E-state index in [0.717, 1.165) is 15.7 Å². The Morgan fingerprint density at radius 1 is 1.24 bits per heavy atom. The highest BCUT2D eigenvalue weighted by molar-refractivity contribution is 7.99. The summed E-state index contributed by atoms with van der Waals surface area (Å²) in [6.45, 7) is 0. The summed E-state index contributed by atoms with van der Waals surface area (Å²) in [5.41, 5.74) is 0. The molecule has 0 spiro atoms. The average Bonchev–Trinajstić information content (AvgIpc) is 2.28. The van der Waals surface area contributed by atoms with Gasteiger partial charge in [0.2, 0.25) is 0 Å². The number of halogens is 1. The number of fused-ring (bicyclic) bond motifs is 1. The van der Waals surface area contributed by atoms with Crippen LogP contribution in [0.3, 0.4) is 0 Å². The zero-order valence-electron chi connectivity index (χ0n) is 9.05. The highest BCUT2D eigenvalue weighted by atomic mass is 35.5. The van der Waals surface area contributed by atoms with E-state index in [1.807, 2.05) is 24.5 Å². The quantitative estimate of drug-likeness (QED) is 0.663. The number of hydrogen-bond acceptors (Lipinski definition) is 4. The van der Waals surface area contributed by atoms with Crippen LogP contribution in [0.4, 0.5) is 0 Å². The summed E-state index contributed by atoms with van der Waals surface area (Å²) >= 11 is 7.40. The molecule has 0 aliphatic rings. The van der Waals surface area contributed by atoms with Crippen molar-refractivity contribution in [3.05, 3.63) is 35.4 Å². The maximum absolute atomic E-state index is 8.84. The summed E-state index contributed by atoms with van der Waals surface area (Å²) in [5.74, 6) is 0.447. The van der Waals surface area contributed by atoms with Crippen molar-refractivity contribution in [1.82, 2.24) is 0 Å². The van der Waals surface area contributed by atoms with Gasteiger partial charge in [0.1, 0.15) is 5.75 Å². The second kappa shape index (κ2) is 5.18. The van der Waals surface area contributed by atoms with Gasteiger partial charge in [0.15, 0.2) is 0 Å². The number of hydrogen-bond donors (Lipinski definition) is 2. The maximum atomic E-state index is 8.84. The van der Waals surface area contributed by atoms with Crippen LogP contribution in [-0.4, -0.2) is 23.6 Å². The second-order valence-corrected chi connectivity index (χ2v) is 4.66. The predicted octanol–water partition coefficient (Wildman–Crippen LogP) is 2.56. The lowest BCUT2D eigenvalue weighted by molar-refractivity contribution is 0.285. The molecule has 0 bridgehead atoms. The fraction of sp³-hybridized carbons (Fsp3) is 0.0909. The molecule has 2 N–H and O–H groups in total. The minimum atomic E-state index is -1.81. The van der Waals surface area contributed by atoms with Crippen LogP contribution in [0.5, 0.6) is 5.75 Å². The highest BCUT2D eigenvalue weighted by Gasteiger charge is 2.15. The molecule has 2 aromatic carbocycles. The molecule has 0 saturated carbocycles. The van der Waals surface area contributed by atoms with E-state index >= 15 is 0 Å². The Bertz CT molecular complexity index is 547. The first-order valence-electron chi connectivity index (χ1n) is 4.91. The van der Waals surface area contributed by atoms with Crippen molar-refractivity contribution in [3.63, 3.8) is 0 Å². The molecule has 2 rings (SSSR count). The summed E-state index contributed by atoms with van der Waals surface area (Å²) in [6.07, 6.45) is 1.90. The van der Waals surface area contributed by atoms with Gasteiger partial charge in [-0.2, -0.15) is 0 Å².